The van der Waals surface area contributed by atoms with Gasteiger partial charge in [-0.05, 0) is 25.1 Å². The number of nitrogens with one attached hydrogen (secondary N) is 1. The zero-order valence-corrected chi connectivity index (χ0v) is 17.3. The maximum atomic E-state index is 12.8. The first-order valence-corrected chi connectivity index (χ1v) is 10.3. The fourth-order valence-electron chi connectivity index (χ4n) is 3.19. The number of anilines is 1. The molecule has 4 rings (SSSR count). The van der Waals surface area contributed by atoms with Crippen molar-refractivity contribution >= 4 is 45.8 Å². The molecule has 0 spiro atoms. The Labute approximate surface area is 181 Å². The molecule has 0 saturated carbocycles. The van der Waals surface area contributed by atoms with Gasteiger partial charge < -0.3 is 14.8 Å². The van der Waals surface area contributed by atoms with E-state index in [1.54, 1.807) is 24.3 Å². The number of nitro groups is 1. The predicted molar refractivity (Wildman–Crippen MR) is 115 cm³/mol. The number of aliphatic imine (C=N–C) groups is 1. The van der Waals surface area contributed by atoms with Gasteiger partial charge in [0.05, 0.1) is 10.6 Å². The van der Waals surface area contributed by atoms with Gasteiger partial charge in [0.2, 0.25) is 18.6 Å². The van der Waals surface area contributed by atoms with Crippen LogP contribution in [0.5, 0.6) is 11.5 Å². The lowest BCUT2D eigenvalue weighted by molar-refractivity contribution is -0.383. The first-order valence-electron chi connectivity index (χ1n) is 9.46. The van der Waals surface area contributed by atoms with Crippen LogP contribution >= 0.6 is 11.8 Å². The Kier molecular flexibility index (Phi) is 5.76. The molecule has 31 heavy (non-hydrogen) atoms. The van der Waals surface area contributed by atoms with Gasteiger partial charge in [-0.15, -0.1) is 0 Å². The van der Waals surface area contributed by atoms with E-state index in [1.165, 1.54) is 34.9 Å². The molecule has 1 unspecified atom stereocenters. The van der Waals surface area contributed by atoms with E-state index in [9.17, 15) is 19.7 Å². The van der Waals surface area contributed by atoms with Crippen LogP contribution in [-0.2, 0) is 9.59 Å². The lowest BCUT2D eigenvalue weighted by atomic mass is 10.2. The molecule has 0 bridgehead atoms. The third-order valence-electron chi connectivity index (χ3n) is 4.66. The van der Waals surface area contributed by atoms with E-state index in [1.807, 2.05) is 6.92 Å². The Bertz CT molecular complexity index is 1090. The third kappa shape index (κ3) is 4.31. The van der Waals surface area contributed by atoms with Crippen LogP contribution in [0.2, 0.25) is 0 Å². The molecule has 0 aromatic heterocycles. The van der Waals surface area contributed by atoms with Crippen molar-refractivity contribution in [2.45, 2.75) is 18.6 Å². The molecule has 2 amide bonds. The summed E-state index contributed by atoms with van der Waals surface area (Å²) in [5, 5.41) is 13.5. The van der Waals surface area contributed by atoms with Gasteiger partial charge in [-0.3, -0.25) is 24.6 Å². The number of fused-ring (bicyclic) bond motifs is 1. The summed E-state index contributed by atoms with van der Waals surface area (Å²) in [5.74, 6) is 0.501. The largest absolute Gasteiger partial charge is 0.454 e. The zero-order valence-electron chi connectivity index (χ0n) is 16.4. The quantitative estimate of drug-likeness (QED) is 0.538. The monoisotopic (exact) mass is 442 g/mol. The van der Waals surface area contributed by atoms with E-state index in [4.69, 9.17) is 9.47 Å². The van der Waals surface area contributed by atoms with Crippen molar-refractivity contribution in [3.8, 4) is 11.5 Å². The number of hydrogen-bond donors (Lipinski definition) is 1. The second-order valence-corrected chi connectivity index (χ2v) is 7.82. The first-order chi connectivity index (χ1) is 15.0. The van der Waals surface area contributed by atoms with Crippen LogP contribution < -0.4 is 14.8 Å². The van der Waals surface area contributed by atoms with E-state index in [0.717, 1.165) is 0 Å². The molecule has 10 nitrogen and oxygen atoms in total. The van der Waals surface area contributed by atoms with Crippen LogP contribution in [0.4, 0.5) is 17.1 Å². The molecule has 0 radical (unpaired) electrons. The van der Waals surface area contributed by atoms with Crippen molar-refractivity contribution in [2.24, 2.45) is 4.99 Å². The Morgan fingerprint density at radius 2 is 2.06 bits per heavy atom. The minimum Gasteiger partial charge on any atom is -0.454 e. The lowest BCUT2D eigenvalue weighted by Gasteiger charge is -2.13. The molecule has 2 aliphatic heterocycles. The Morgan fingerprint density at radius 1 is 1.29 bits per heavy atom. The SMILES string of the molecule is CCN1C(=O)C(CC(=O)Nc2ccccc2[N+](=O)[O-])SC1=Nc1ccc2c(c1)OCO2. The average Bonchev–Trinajstić information content (AvgIpc) is 3.32. The van der Waals surface area contributed by atoms with Crippen molar-refractivity contribution in [1.82, 2.24) is 4.90 Å². The van der Waals surface area contributed by atoms with Crippen LogP contribution in [0.25, 0.3) is 0 Å². The van der Waals surface area contributed by atoms with Crippen LogP contribution in [0.3, 0.4) is 0 Å². The van der Waals surface area contributed by atoms with E-state index < -0.39 is 16.1 Å². The smallest absolute Gasteiger partial charge is 0.292 e. The van der Waals surface area contributed by atoms with Gasteiger partial charge in [0, 0.05) is 25.1 Å². The maximum absolute atomic E-state index is 12.8. The number of benzene rings is 2. The lowest BCUT2D eigenvalue weighted by Crippen LogP contribution is -2.33. The second-order valence-electron chi connectivity index (χ2n) is 6.65. The molecule has 1 atom stereocenters. The van der Waals surface area contributed by atoms with Gasteiger partial charge in [0.1, 0.15) is 10.9 Å². The summed E-state index contributed by atoms with van der Waals surface area (Å²) >= 11 is 1.19. The fourth-order valence-corrected chi connectivity index (χ4v) is 4.41. The van der Waals surface area contributed by atoms with Crippen molar-refractivity contribution in [1.29, 1.82) is 0 Å². The molecule has 1 N–H and O–H groups in total. The average molecular weight is 442 g/mol. The summed E-state index contributed by atoms with van der Waals surface area (Å²) < 4.78 is 10.6. The molecule has 2 aromatic carbocycles. The van der Waals surface area contributed by atoms with Crippen LogP contribution in [0.15, 0.2) is 47.5 Å². The van der Waals surface area contributed by atoms with Gasteiger partial charge in [0.15, 0.2) is 16.7 Å². The van der Waals surface area contributed by atoms with Crippen molar-refractivity contribution in [3.63, 3.8) is 0 Å². The van der Waals surface area contributed by atoms with Gasteiger partial charge in [-0.25, -0.2) is 4.99 Å². The third-order valence-corrected chi connectivity index (χ3v) is 5.84. The molecule has 1 fully saturated rings. The zero-order chi connectivity index (χ0) is 22.0. The highest BCUT2D eigenvalue weighted by atomic mass is 32.2. The number of para-hydroxylation sites is 2. The molecule has 160 valence electrons. The Morgan fingerprint density at radius 3 is 2.84 bits per heavy atom. The number of thioether (sulfide) groups is 1. The second kappa shape index (κ2) is 8.64. The van der Waals surface area contributed by atoms with Gasteiger partial charge >= 0.3 is 0 Å². The van der Waals surface area contributed by atoms with Gasteiger partial charge in [-0.2, -0.15) is 0 Å². The summed E-state index contributed by atoms with van der Waals surface area (Å²) in [6.45, 7) is 2.38. The summed E-state index contributed by atoms with van der Waals surface area (Å²) in [7, 11) is 0. The van der Waals surface area contributed by atoms with Crippen molar-refractivity contribution in [2.75, 3.05) is 18.7 Å². The number of carbonyl (C=O) groups is 2. The van der Waals surface area contributed by atoms with Crippen molar-refractivity contribution < 1.29 is 24.0 Å². The van der Waals surface area contributed by atoms with E-state index in [2.05, 4.69) is 10.3 Å². The van der Waals surface area contributed by atoms with Gasteiger partial charge in [-0.1, -0.05) is 23.9 Å². The van der Waals surface area contributed by atoms with Gasteiger partial charge in [0.25, 0.3) is 5.69 Å². The number of rotatable bonds is 6. The molecule has 1 saturated heterocycles. The highest BCUT2D eigenvalue weighted by molar-refractivity contribution is 8.15. The molecule has 2 heterocycles. The topological polar surface area (TPSA) is 123 Å². The molecular formula is C20H18N4O6S. The number of nitrogens with zero attached hydrogens (tertiary/aromatic N) is 3. The van der Waals surface area contributed by atoms with Crippen LogP contribution in [0.1, 0.15) is 13.3 Å². The van der Waals surface area contributed by atoms with E-state index in [0.29, 0.717) is 28.9 Å². The van der Waals surface area contributed by atoms with E-state index >= 15 is 0 Å². The molecule has 11 heteroatoms. The Balaban J connectivity index is 1.48. The summed E-state index contributed by atoms with van der Waals surface area (Å²) in [6.07, 6.45) is -0.133. The number of nitro benzene ring substituents is 1. The first kappa shape index (κ1) is 20.7. The highest BCUT2D eigenvalue weighted by Gasteiger charge is 2.38. The van der Waals surface area contributed by atoms with Crippen LogP contribution in [-0.4, -0.2) is 45.4 Å². The normalized spacial score (nSPS) is 18.5. The molecule has 2 aliphatic rings. The number of amides is 2. The minimum absolute atomic E-state index is 0.0922. The standard InChI is InChI=1S/C20H18N4O6S/c1-2-23-19(26)17(10-18(25)22-13-5-3-4-6-14(13)24(27)28)31-20(23)21-12-7-8-15-16(9-12)30-11-29-15/h3-9,17H,2,10-11H2,1H3,(H,22,25). The molecular weight excluding hydrogens is 424 g/mol. The summed E-state index contributed by atoms with van der Waals surface area (Å²) in [6, 6.07) is 11.1. The maximum Gasteiger partial charge on any atom is 0.292 e. The molecule has 0 aliphatic carbocycles. The summed E-state index contributed by atoms with van der Waals surface area (Å²) in [5.41, 5.74) is 0.485. The van der Waals surface area contributed by atoms with Crippen LogP contribution in [0, 0.1) is 10.1 Å². The summed E-state index contributed by atoms with van der Waals surface area (Å²) in [4.78, 5) is 41.9. The predicted octanol–water partition coefficient (Wildman–Crippen LogP) is 3.30. The fraction of sp³-hybridized carbons (Fsp3) is 0.250. The number of carbonyl (C=O) groups excluding carboxylic acids is 2. The minimum atomic E-state index is -0.671. The van der Waals surface area contributed by atoms with Crippen molar-refractivity contribution in [3.05, 3.63) is 52.6 Å². The Hall–Kier alpha value is -3.60. The van der Waals surface area contributed by atoms with E-state index in [-0.39, 0.29) is 30.5 Å². The number of amidine groups is 1. The highest BCUT2D eigenvalue weighted by Crippen LogP contribution is 2.37. The molecule has 2 aromatic rings. The number of ether oxygens (including phenoxy) is 2. The number of hydrogen-bond acceptors (Lipinski definition) is 8.